The quantitative estimate of drug-likeness (QED) is 0.606. The van der Waals surface area contributed by atoms with Crippen molar-refractivity contribution in [2.45, 2.75) is 38.2 Å². The summed E-state index contributed by atoms with van der Waals surface area (Å²) in [5.74, 6) is 2.38. The Hall–Kier alpha value is -1.58. The lowest BCUT2D eigenvalue weighted by molar-refractivity contribution is -0.384. The van der Waals surface area contributed by atoms with Gasteiger partial charge in [-0.25, -0.2) is 0 Å². The summed E-state index contributed by atoms with van der Waals surface area (Å²) in [6, 6.07) is 6.43. The molecule has 2 aliphatic rings. The zero-order chi connectivity index (χ0) is 12.5. The molecule has 2 fully saturated rings. The minimum absolute atomic E-state index is 0.118. The maximum atomic E-state index is 10.6. The molecular formula is C14H17NO3. The lowest BCUT2D eigenvalue weighted by Crippen LogP contribution is -2.28. The molecule has 96 valence electrons. The monoisotopic (exact) mass is 247 g/mol. The number of nitro groups is 1. The van der Waals surface area contributed by atoms with E-state index in [4.69, 9.17) is 4.74 Å². The summed E-state index contributed by atoms with van der Waals surface area (Å²) >= 11 is 0. The predicted octanol–water partition coefficient (Wildman–Crippen LogP) is 3.55. The average molecular weight is 247 g/mol. The molecule has 0 N–H and O–H groups in total. The van der Waals surface area contributed by atoms with Gasteiger partial charge in [0.1, 0.15) is 11.9 Å². The first-order valence-corrected chi connectivity index (χ1v) is 6.63. The summed E-state index contributed by atoms with van der Waals surface area (Å²) in [4.78, 5) is 10.2. The van der Waals surface area contributed by atoms with Crippen LogP contribution >= 0.6 is 0 Å². The van der Waals surface area contributed by atoms with E-state index in [0.29, 0.717) is 12.0 Å². The maximum Gasteiger partial charge on any atom is 0.269 e. The summed E-state index contributed by atoms with van der Waals surface area (Å²) in [5, 5.41) is 10.6. The van der Waals surface area contributed by atoms with Crippen LogP contribution in [0.4, 0.5) is 5.69 Å². The van der Waals surface area contributed by atoms with E-state index in [0.717, 1.165) is 18.1 Å². The van der Waals surface area contributed by atoms with E-state index in [-0.39, 0.29) is 10.6 Å². The van der Waals surface area contributed by atoms with E-state index >= 15 is 0 Å². The Kier molecular flexibility index (Phi) is 2.94. The number of fused-ring (bicyclic) bond motifs is 2. The van der Waals surface area contributed by atoms with Crippen LogP contribution in [0.2, 0.25) is 0 Å². The van der Waals surface area contributed by atoms with Crippen molar-refractivity contribution in [2.75, 3.05) is 0 Å². The second-order valence-corrected chi connectivity index (χ2v) is 5.42. The van der Waals surface area contributed by atoms with Crippen LogP contribution < -0.4 is 4.74 Å². The first-order chi connectivity index (χ1) is 8.72. The van der Waals surface area contributed by atoms with Gasteiger partial charge in [0.15, 0.2) is 0 Å². The van der Waals surface area contributed by atoms with Gasteiger partial charge in [0.05, 0.1) is 4.92 Å². The fourth-order valence-electron chi connectivity index (χ4n) is 3.33. The van der Waals surface area contributed by atoms with E-state index in [1.165, 1.54) is 37.8 Å². The van der Waals surface area contributed by atoms with Crippen molar-refractivity contribution in [1.82, 2.24) is 0 Å². The fourth-order valence-corrected chi connectivity index (χ4v) is 3.33. The number of rotatable bonds is 3. The second kappa shape index (κ2) is 4.59. The topological polar surface area (TPSA) is 52.4 Å². The van der Waals surface area contributed by atoms with Crippen LogP contribution in [0.1, 0.15) is 32.1 Å². The number of nitrogens with zero attached hydrogens (tertiary/aromatic N) is 1. The SMILES string of the molecule is O=[N+]([O-])c1ccc(O[C@@H]2CC[C@@H]3CC[C@H]2C3)cc1. The lowest BCUT2D eigenvalue weighted by atomic mass is 9.87. The van der Waals surface area contributed by atoms with E-state index in [2.05, 4.69) is 0 Å². The molecule has 0 unspecified atom stereocenters. The third-order valence-electron chi connectivity index (χ3n) is 4.30. The van der Waals surface area contributed by atoms with Crippen molar-refractivity contribution >= 4 is 5.69 Å². The molecule has 0 amide bonds. The Morgan fingerprint density at radius 3 is 2.56 bits per heavy atom. The highest BCUT2D eigenvalue weighted by atomic mass is 16.6. The largest absolute Gasteiger partial charge is 0.490 e. The first kappa shape index (κ1) is 11.5. The Labute approximate surface area is 106 Å². The van der Waals surface area contributed by atoms with Crippen molar-refractivity contribution in [3.8, 4) is 5.75 Å². The minimum Gasteiger partial charge on any atom is -0.490 e. The smallest absolute Gasteiger partial charge is 0.269 e. The van der Waals surface area contributed by atoms with Crippen LogP contribution in [0.3, 0.4) is 0 Å². The third kappa shape index (κ3) is 2.19. The van der Waals surface area contributed by atoms with Crippen LogP contribution in [0.5, 0.6) is 5.75 Å². The summed E-state index contributed by atoms with van der Waals surface area (Å²) in [6.45, 7) is 0. The van der Waals surface area contributed by atoms with Crippen LogP contribution in [-0.4, -0.2) is 11.0 Å². The van der Waals surface area contributed by atoms with Crippen molar-refractivity contribution in [3.63, 3.8) is 0 Å². The van der Waals surface area contributed by atoms with Gasteiger partial charge in [0.25, 0.3) is 5.69 Å². The molecule has 4 heteroatoms. The molecule has 1 aromatic rings. The number of hydrogen-bond donors (Lipinski definition) is 0. The van der Waals surface area contributed by atoms with Gasteiger partial charge in [-0.05, 0) is 49.7 Å². The molecule has 2 saturated carbocycles. The van der Waals surface area contributed by atoms with Gasteiger partial charge in [-0.15, -0.1) is 0 Å². The van der Waals surface area contributed by atoms with Gasteiger partial charge in [-0.3, -0.25) is 10.1 Å². The van der Waals surface area contributed by atoms with E-state index in [9.17, 15) is 10.1 Å². The minimum atomic E-state index is -0.383. The molecule has 0 aromatic heterocycles. The maximum absolute atomic E-state index is 10.6. The molecule has 0 saturated heterocycles. The summed E-state index contributed by atoms with van der Waals surface area (Å²) in [7, 11) is 0. The van der Waals surface area contributed by atoms with Gasteiger partial charge in [0.2, 0.25) is 0 Å². The van der Waals surface area contributed by atoms with E-state index < -0.39 is 0 Å². The summed E-state index contributed by atoms with van der Waals surface area (Å²) in [6.07, 6.45) is 6.65. The summed E-state index contributed by atoms with van der Waals surface area (Å²) in [5.41, 5.74) is 0.118. The van der Waals surface area contributed by atoms with Gasteiger partial charge < -0.3 is 4.74 Å². The molecule has 1 aromatic carbocycles. The molecule has 18 heavy (non-hydrogen) atoms. The van der Waals surface area contributed by atoms with Crippen LogP contribution in [-0.2, 0) is 0 Å². The second-order valence-electron chi connectivity index (χ2n) is 5.42. The van der Waals surface area contributed by atoms with E-state index in [1.807, 2.05) is 0 Å². The Morgan fingerprint density at radius 2 is 1.83 bits per heavy atom. The molecule has 3 rings (SSSR count). The lowest BCUT2D eigenvalue weighted by Gasteiger charge is -2.29. The normalized spacial score (nSPS) is 30.1. The number of hydrogen-bond acceptors (Lipinski definition) is 3. The van der Waals surface area contributed by atoms with Gasteiger partial charge in [-0.1, -0.05) is 6.42 Å². The first-order valence-electron chi connectivity index (χ1n) is 6.63. The van der Waals surface area contributed by atoms with Crippen LogP contribution in [0.25, 0.3) is 0 Å². The molecule has 3 atom stereocenters. The highest BCUT2D eigenvalue weighted by Gasteiger charge is 2.36. The molecule has 2 aliphatic carbocycles. The molecule has 4 nitrogen and oxygen atoms in total. The van der Waals surface area contributed by atoms with E-state index in [1.54, 1.807) is 12.1 Å². The standard InChI is InChI=1S/C14H17NO3/c16-15(17)12-4-6-13(7-5-12)18-14-8-2-10-1-3-11(14)9-10/h4-7,10-11,14H,1-3,8-9H2/t10-,11-,14+/m0/s1. The Balaban J connectivity index is 1.67. The third-order valence-corrected chi connectivity index (χ3v) is 4.30. The fraction of sp³-hybridized carbons (Fsp3) is 0.571. The van der Waals surface area contributed by atoms with Crippen molar-refractivity contribution < 1.29 is 9.66 Å². The number of ether oxygens (including phenoxy) is 1. The highest BCUT2D eigenvalue weighted by Crippen LogP contribution is 2.43. The Morgan fingerprint density at radius 1 is 1.11 bits per heavy atom. The van der Waals surface area contributed by atoms with Gasteiger partial charge in [0, 0.05) is 12.1 Å². The van der Waals surface area contributed by atoms with Crippen molar-refractivity contribution in [2.24, 2.45) is 11.8 Å². The molecular weight excluding hydrogens is 230 g/mol. The van der Waals surface area contributed by atoms with Crippen molar-refractivity contribution in [3.05, 3.63) is 34.4 Å². The summed E-state index contributed by atoms with van der Waals surface area (Å²) < 4.78 is 6.00. The Bertz CT molecular complexity index is 443. The van der Waals surface area contributed by atoms with Crippen molar-refractivity contribution in [1.29, 1.82) is 0 Å². The average Bonchev–Trinajstić information content (AvgIpc) is 2.76. The molecule has 2 bridgehead atoms. The molecule has 0 radical (unpaired) electrons. The molecule has 0 aliphatic heterocycles. The van der Waals surface area contributed by atoms with Crippen LogP contribution in [0.15, 0.2) is 24.3 Å². The number of non-ortho nitro benzene ring substituents is 1. The zero-order valence-corrected chi connectivity index (χ0v) is 10.2. The predicted molar refractivity (Wildman–Crippen MR) is 67.6 cm³/mol. The zero-order valence-electron chi connectivity index (χ0n) is 10.2. The molecule has 0 spiro atoms. The number of benzene rings is 1. The number of nitro benzene ring substituents is 1. The molecule has 0 heterocycles. The van der Waals surface area contributed by atoms with Crippen LogP contribution in [0, 0.1) is 22.0 Å². The van der Waals surface area contributed by atoms with Gasteiger partial charge >= 0.3 is 0 Å². The highest BCUT2D eigenvalue weighted by molar-refractivity contribution is 5.36. The van der Waals surface area contributed by atoms with Gasteiger partial charge in [-0.2, -0.15) is 0 Å².